The molecule has 0 radical (unpaired) electrons. The van der Waals surface area contributed by atoms with Crippen LogP contribution in [0, 0.1) is 22.0 Å². The highest BCUT2D eigenvalue weighted by molar-refractivity contribution is 6.24. The number of hydrogen-bond donors (Lipinski definition) is 1. The molecule has 1 aliphatic heterocycles. The minimum absolute atomic E-state index is 0.0252. The zero-order valence-electron chi connectivity index (χ0n) is 15.7. The molecule has 0 aromatic heterocycles. The number of nitro benzene ring substituents is 1. The molecule has 148 valence electrons. The molecule has 1 unspecified atom stereocenters. The Kier molecular flexibility index (Phi) is 5.49. The van der Waals surface area contributed by atoms with Crippen molar-refractivity contribution in [3.63, 3.8) is 0 Å². The first-order valence-electron chi connectivity index (χ1n) is 8.83. The Bertz CT molecular complexity index is 1030. The van der Waals surface area contributed by atoms with Gasteiger partial charge in [-0.1, -0.05) is 32.0 Å². The number of carbonyl (C=O) groups is 2. The van der Waals surface area contributed by atoms with Crippen LogP contribution in [0.4, 0.5) is 17.1 Å². The third-order valence-corrected chi connectivity index (χ3v) is 4.39. The number of hydrazone groups is 1. The summed E-state index contributed by atoms with van der Waals surface area (Å²) in [6.07, 6.45) is 1.34. The van der Waals surface area contributed by atoms with Crippen molar-refractivity contribution < 1.29 is 19.6 Å². The van der Waals surface area contributed by atoms with Crippen molar-refractivity contribution in [1.29, 1.82) is 0 Å². The average molecular weight is 394 g/mol. The van der Waals surface area contributed by atoms with Crippen molar-refractivity contribution >= 4 is 40.9 Å². The van der Waals surface area contributed by atoms with Gasteiger partial charge in [0.1, 0.15) is 5.92 Å². The molecule has 0 saturated carbocycles. The fourth-order valence-corrected chi connectivity index (χ4v) is 2.93. The van der Waals surface area contributed by atoms with E-state index < -0.39 is 16.8 Å². The van der Waals surface area contributed by atoms with E-state index in [9.17, 15) is 24.8 Å². The number of amides is 1. The first kappa shape index (κ1) is 19.9. The monoisotopic (exact) mass is 394 g/mol. The molecule has 1 aliphatic rings. The van der Waals surface area contributed by atoms with Gasteiger partial charge in [-0.25, -0.2) is 4.79 Å². The molecular weight excluding hydrogens is 376 g/mol. The molecule has 1 N–H and O–H groups in total. The number of carbonyl (C=O) groups excluding carboxylic acids is 1. The number of benzene rings is 2. The summed E-state index contributed by atoms with van der Waals surface area (Å²) < 4.78 is 0. The summed E-state index contributed by atoms with van der Waals surface area (Å²) in [5, 5.41) is 26.0. The Balaban J connectivity index is 1.96. The number of hydrogen-bond acceptors (Lipinski definition) is 6. The molecule has 1 atom stereocenters. The van der Waals surface area contributed by atoms with Crippen LogP contribution >= 0.6 is 0 Å². The SMILES string of the molecule is CC(C)C1=NN(c2ccccc2)C(=O)C1C=Nc1ccc([N+](=O)[O-])cc1C(=O)O. The Morgan fingerprint density at radius 1 is 1.28 bits per heavy atom. The van der Waals surface area contributed by atoms with Gasteiger partial charge in [0.25, 0.3) is 11.6 Å². The molecule has 0 saturated heterocycles. The van der Waals surface area contributed by atoms with Gasteiger partial charge in [-0.2, -0.15) is 10.1 Å². The Morgan fingerprint density at radius 2 is 1.97 bits per heavy atom. The Labute approximate surface area is 166 Å². The van der Waals surface area contributed by atoms with Gasteiger partial charge in [-0.15, -0.1) is 0 Å². The lowest BCUT2D eigenvalue weighted by Crippen LogP contribution is -2.29. The molecule has 0 spiro atoms. The van der Waals surface area contributed by atoms with Crippen molar-refractivity contribution in [3.8, 4) is 0 Å². The maximum absolute atomic E-state index is 12.9. The average Bonchev–Trinajstić information content (AvgIpc) is 3.03. The fraction of sp³-hybridized carbons (Fsp3) is 0.200. The zero-order chi connectivity index (χ0) is 21.1. The van der Waals surface area contributed by atoms with Gasteiger partial charge in [-0.3, -0.25) is 19.9 Å². The van der Waals surface area contributed by atoms with E-state index in [1.165, 1.54) is 23.4 Å². The highest BCUT2D eigenvalue weighted by atomic mass is 16.6. The van der Waals surface area contributed by atoms with E-state index in [0.29, 0.717) is 11.4 Å². The van der Waals surface area contributed by atoms with Gasteiger partial charge in [0.15, 0.2) is 0 Å². The number of aliphatic imine (C=N–C) groups is 1. The lowest BCUT2D eigenvalue weighted by molar-refractivity contribution is -0.384. The van der Waals surface area contributed by atoms with E-state index in [1.807, 2.05) is 19.9 Å². The number of carboxylic acid groups (broad SMARTS) is 1. The smallest absolute Gasteiger partial charge is 0.338 e. The maximum atomic E-state index is 12.9. The van der Waals surface area contributed by atoms with Crippen molar-refractivity contribution in [1.82, 2.24) is 0 Å². The van der Waals surface area contributed by atoms with Crippen LogP contribution in [-0.2, 0) is 4.79 Å². The maximum Gasteiger partial charge on any atom is 0.338 e. The molecule has 2 aromatic rings. The van der Waals surface area contributed by atoms with Gasteiger partial charge >= 0.3 is 5.97 Å². The van der Waals surface area contributed by atoms with Crippen molar-refractivity contribution in [2.24, 2.45) is 21.9 Å². The number of nitro groups is 1. The molecule has 0 aliphatic carbocycles. The number of para-hydroxylation sites is 1. The Morgan fingerprint density at radius 3 is 2.55 bits per heavy atom. The second-order valence-electron chi connectivity index (χ2n) is 6.68. The summed E-state index contributed by atoms with van der Waals surface area (Å²) in [6.45, 7) is 3.80. The predicted molar refractivity (Wildman–Crippen MR) is 108 cm³/mol. The Hall–Kier alpha value is -3.88. The summed E-state index contributed by atoms with van der Waals surface area (Å²) >= 11 is 0. The van der Waals surface area contributed by atoms with Crippen molar-refractivity contribution in [2.75, 3.05) is 5.01 Å². The van der Waals surface area contributed by atoms with Gasteiger partial charge in [0.05, 0.1) is 27.6 Å². The van der Waals surface area contributed by atoms with E-state index in [4.69, 9.17) is 0 Å². The van der Waals surface area contributed by atoms with Crippen LogP contribution in [0.5, 0.6) is 0 Å². The fourth-order valence-electron chi connectivity index (χ4n) is 2.93. The summed E-state index contributed by atoms with van der Waals surface area (Å²) in [7, 11) is 0. The minimum atomic E-state index is -1.35. The lowest BCUT2D eigenvalue weighted by Gasteiger charge is -2.12. The number of anilines is 1. The molecule has 0 bridgehead atoms. The molecular formula is C20H18N4O5. The number of non-ortho nitro benzene ring substituents is 1. The van der Waals surface area contributed by atoms with Crippen molar-refractivity contribution in [3.05, 3.63) is 64.2 Å². The van der Waals surface area contributed by atoms with E-state index in [2.05, 4.69) is 10.1 Å². The number of aromatic carboxylic acids is 1. The van der Waals surface area contributed by atoms with Gasteiger partial charge in [0.2, 0.25) is 0 Å². The molecule has 9 heteroatoms. The summed E-state index contributed by atoms with van der Waals surface area (Å²) in [5.74, 6) is -2.45. The molecule has 1 heterocycles. The lowest BCUT2D eigenvalue weighted by atomic mass is 9.95. The second kappa shape index (κ2) is 8.01. The molecule has 9 nitrogen and oxygen atoms in total. The van der Waals surface area contributed by atoms with E-state index in [0.717, 1.165) is 6.07 Å². The quantitative estimate of drug-likeness (QED) is 0.454. The third-order valence-electron chi connectivity index (χ3n) is 4.39. The van der Waals surface area contributed by atoms with E-state index in [1.54, 1.807) is 24.3 Å². The summed E-state index contributed by atoms with van der Waals surface area (Å²) in [5.41, 5.74) is 0.577. The van der Waals surface area contributed by atoms with Crippen LogP contribution < -0.4 is 5.01 Å². The van der Waals surface area contributed by atoms with Crippen LogP contribution in [0.3, 0.4) is 0 Å². The normalized spacial score (nSPS) is 16.5. The summed E-state index contributed by atoms with van der Waals surface area (Å²) in [4.78, 5) is 38.8. The van der Waals surface area contributed by atoms with E-state index in [-0.39, 0.29) is 28.8 Å². The van der Waals surface area contributed by atoms with Gasteiger partial charge in [-0.05, 0) is 24.1 Å². The van der Waals surface area contributed by atoms with Crippen LogP contribution in [0.25, 0.3) is 0 Å². The largest absolute Gasteiger partial charge is 0.478 e. The summed E-state index contributed by atoms with van der Waals surface area (Å²) in [6, 6.07) is 12.3. The predicted octanol–water partition coefficient (Wildman–Crippen LogP) is 3.67. The molecule has 2 aromatic carbocycles. The first-order chi connectivity index (χ1) is 13.8. The van der Waals surface area contributed by atoms with Crippen LogP contribution in [0.15, 0.2) is 58.6 Å². The number of nitrogens with zero attached hydrogens (tertiary/aromatic N) is 4. The molecule has 29 heavy (non-hydrogen) atoms. The van der Waals surface area contributed by atoms with Gasteiger partial charge < -0.3 is 5.11 Å². The molecule has 0 fully saturated rings. The van der Waals surface area contributed by atoms with Crippen LogP contribution in [0.2, 0.25) is 0 Å². The number of carboxylic acids is 1. The topological polar surface area (TPSA) is 125 Å². The highest BCUT2D eigenvalue weighted by Gasteiger charge is 2.36. The number of rotatable bonds is 6. The first-order valence-corrected chi connectivity index (χ1v) is 8.83. The van der Waals surface area contributed by atoms with Crippen LogP contribution in [0.1, 0.15) is 24.2 Å². The molecule has 3 rings (SSSR count). The standard InChI is InChI=1S/C20H18N4O5/c1-12(2)18-16(19(25)23(22-18)13-6-4-3-5-7-13)11-21-17-9-8-14(24(28)29)10-15(17)20(26)27/h3-12,16H,1-2H3,(H,26,27). The van der Waals surface area contributed by atoms with Crippen LogP contribution in [-0.4, -0.2) is 33.8 Å². The molecule has 1 amide bonds. The second-order valence-corrected chi connectivity index (χ2v) is 6.68. The van der Waals surface area contributed by atoms with Crippen molar-refractivity contribution in [2.45, 2.75) is 13.8 Å². The minimum Gasteiger partial charge on any atom is -0.478 e. The highest BCUT2D eigenvalue weighted by Crippen LogP contribution is 2.28. The zero-order valence-corrected chi connectivity index (χ0v) is 15.7. The third kappa shape index (κ3) is 4.03. The van der Waals surface area contributed by atoms with Gasteiger partial charge in [0, 0.05) is 18.3 Å². The van der Waals surface area contributed by atoms with E-state index >= 15 is 0 Å².